The molecule has 4 rings (SSSR count). The second-order valence-corrected chi connectivity index (χ2v) is 16.6. The molecule has 1 fully saturated rings. The van der Waals surface area contributed by atoms with E-state index in [0.29, 0.717) is 49.2 Å². The molecule has 1 aliphatic rings. The zero-order valence-corrected chi connectivity index (χ0v) is 25.0. The lowest BCUT2D eigenvalue weighted by molar-refractivity contribution is -0.734. The van der Waals surface area contributed by atoms with Gasteiger partial charge in [0.1, 0.15) is 11.9 Å². The van der Waals surface area contributed by atoms with E-state index in [4.69, 9.17) is 23.4 Å². The first-order valence-corrected chi connectivity index (χ1v) is 17.3. The first-order chi connectivity index (χ1) is 19.7. The maximum atomic E-state index is 12.7. The zero-order chi connectivity index (χ0) is 29.2. The van der Waals surface area contributed by atoms with Gasteiger partial charge in [0.15, 0.2) is 0 Å². The fourth-order valence-electron chi connectivity index (χ4n) is 4.08. The summed E-state index contributed by atoms with van der Waals surface area (Å²) in [6.45, 7) is 9.38. The molecule has 3 aromatic rings. The zero-order valence-electron chi connectivity index (χ0n) is 24.0. The largest absolute Gasteiger partial charge is 0.496 e. The van der Waals surface area contributed by atoms with E-state index in [2.05, 4.69) is 35.6 Å². The van der Waals surface area contributed by atoms with Crippen LogP contribution in [0.25, 0.3) is 11.3 Å². The van der Waals surface area contributed by atoms with Crippen molar-refractivity contribution in [3.8, 4) is 17.1 Å². The van der Waals surface area contributed by atoms with Crippen molar-refractivity contribution in [3.63, 3.8) is 0 Å². The summed E-state index contributed by atoms with van der Waals surface area (Å²) < 4.78 is 29.5. The van der Waals surface area contributed by atoms with Crippen LogP contribution in [0.5, 0.6) is 5.75 Å². The van der Waals surface area contributed by atoms with Crippen molar-refractivity contribution in [2.24, 2.45) is 0 Å². The molecule has 41 heavy (non-hydrogen) atoms. The van der Waals surface area contributed by atoms with Crippen molar-refractivity contribution >= 4 is 31.6 Å². The number of nitrogens with one attached hydrogen (secondary N) is 3. The van der Waals surface area contributed by atoms with Crippen molar-refractivity contribution in [2.45, 2.75) is 51.5 Å². The minimum Gasteiger partial charge on any atom is -0.496 e. The fourth-order valence-corrected chi connectivity index (χ4v) is 4.84. The monoisotopic (exact) mass is 583 g/mol. The van der Waals surface area contributed by atoms with Crippen LogP contribution in [0.1, 0.15) is 12.0 Å². The number of benzene rings is 2. The number of oxazole rings is 1. The Morgan fingerprint density at radius 2 is 1.90 bits per heavy atom. The number of alkyl carbamates (subject to hydrolysis) is 1. The van der Waals surface area contributed by atoms with E-state index >= 15 is 0 Å². The van der Waals surface area contributed by atoms with Gasteiger partial charge in [-0.25, -0.2) is 9.59 Å². The van der Waals surface area contributed by atoms with Gasteiger partial charge in [0.25, 0.3) is 6.73 Å². The van der Waals surface area contributed by atoms with Crippen LogP contribution in [-0.4, -0.2) is 53.2 Å². The van der Waals surface area contributed by atoms with Crippen LogP contribution in [0, 0.1) is 0 Å². The van der Waals surface area contributed by atoms with Gasteiger partial charge in [-0.2, -0.15) is 0 Å². The van der Waals surface area contributed by atoms with E-state index in [-0.39, 0.29) is 12.6 Å². The standard InChI is InChI=1S/C29H38N4O7Si/c1-36-26-15-23(8-9-25(26)27-17-33(20-39-27)19-38-12-13-41(2,3)4)32-28(34)31-22-7-5-6-21(14-22)16-30-29(35)40-24-10-11-37-18-24/h5-9,14-15,17,20,24H,10-13,16,18-19H2,1-4H3,(H2-,30,31,32,34,35)/p+1/t24-/m0/s1. The number of rotatable bonds is 12. The number of aromatic nitrogens is 1. The van der Waals surface area contributed by atoms with Crippen LogP contribution in [0.15, 0.2) is 59.5 Å². The highest BCUT2D eigenvalue weighted by Gasteiger charge is 2.20. The molecule has 0 spiro atoms. The number of carbonyl (C=O) groups is 2. The molecule has 0 bridgehead atoms. The third kappa shape index (κ3) is 9.62. The molecule has 2 heterocycles. The number of hydrogen-bond acceptors (Lipinski definition) is 7. The van der Waals surface area contributed by atoms with Gasteiger partial charge >= 0.3 is 18.5 Å². The van der Waals surface area contributed by atoms with E-state index in [0.717, 1.165) is 23.8 Å². The van der Waals surface area contributed by atoms with Crippen LogP contribution in [0.3, 0.4) is 0 Å². The van der Waals surface area contributed by atoms with E-state index in [1.54, 1.807) is 43.8 Å². The Bertz CT molecular complexity index is 1320. The van der Waals surface area contributed by atoms with Crippen LogP contribution in [0.2, 0.25) is 25.7 Å². The molecule has 1 atom stereocenters. The van der Waals surface area contributed by atoms with Gasteiger partial charge in [0, 0.05) is 38.5 Å². The molecule has 2 aromatic carbocycles. The van der Waals surface area contributed by atoms with Crippen molar-refractivity contribution in [1.29, 1.82) is 0 Å². The Labute approximate surface area is 241 Å². The lowest BCUT2D eigenvalue weighted by Gasteiger charge is -2.14. The molecule has 220 valence electrons. The minimum atomic E-state index is -1.14. The van der Waals surface area contributed by atoms with Crippen LogP contribution < -0.4 is 25.3 Å². The molecule has 0 saturated carbocycles. The number of methoxy groups -OCH3 is 1. The first-order valence-electron chi connectivity index (χ1n) is 13.6. The van der Waals surface area contributed by atoms with Gasteiger partial charge in [-0.1, -0.05) is 31.8 Å². The highest BCUT2D eigenvalue weighted by atomic mass is 28.3. The molecular weight excluding hydrogens is 544 g/mol. The van der Waals surface area contributed by atoms with Crippen molar-refractivity contribution in [3.05, 3.63) is 60.6 Å². The maximum Gasteiger partial charge on any atom is 0.407 e. The summed E-state index contributed by atoms with van der Waals surface area (Å²) in [7, 11) is 0.426. The third-order valence-electron chi connectivity index (χ3n) is 6.34. The lowest BCUT2D eigenvalue weighted by Crippen LogP contribution is -2.33. The second-order valence-electron chi connectivity index (χ2n) is 11.0. The molecule has 1 aromatic heterocycles. The second kappa shape index (κ2) is 14.2. The lowest BCUT2D eigenvalue weighted by atomic mass is 10.1. The number of amides is 3. The van der Waals surface area contributed by atoms with E-state index < -0.39 is 20.2 Å². The predicted molar refractivity (Wildman–Crippen MR) is 157 cm³/mol. The number of ether oxygens (including phenoxy) is 4. The highest BCUT2D eigenvalue weighted by molar-refractivity contribution is 6.76. The average Bonchev–Trinajstić information content (AvgIpc) is 3.62. The molecule has 0 unspecified atom stereocenters. The molecule has 11 nitrogen and oxygen atoms in total. The van der Waals surface area contributed by atoms with Gasteiger partial charge in [-0.3, -0.25) is 0 Å². The molecule has 3 N–H and O–H groups in total. The SMILES string of the molecule is COc1cc(NC(=O)Nc2cccc(CNC(=O)O[C@H]3CCOC3)c2)ccc1-c1c[n+](COCC[Si](C)(C)C)co1. The molecule has 3 amide bonds. The number of nitrogens with zero attached hydrogens (tertiary/aromatic N) is 1. The van der Waals surface area contributed by atoms with Gasteiger partial charge in [-0.15, -0.1) is 4.57 Å². The predicted octanol–water partition coefficient (Wildman–Crippen LogP) is 5.21. The minimum absolute atomic E-state index is 0.209. The summed E-state index contributed by atoms with van der Waals surface area (Å²) in [4.78, 5) is 24.7. The summed E-state index contributed by atoms with van der Waals surface area (Å²) in [6.07, 6.45) is 3.47. The summed E-state index contributed by atoms with van der Waals surface area (Å²) in [5.41, 5.74) is 2.69. The Morgan fingerprint density at radius 3 is 2.63 bits per heavy atom. The van der Waals surface area contributed by atoms with E-state index in [9.17, 15) is 9.59 Å². The van der Waals surface area contributed by atoms with Crippen molar-refractivity contribution < 1.29 is 37.5 Å². The Hall–Kier alpha value is -3.87. The number of hydrogen-bond donors (Lipinski definition) is 3. The fraction of sp³-hybridized carbons (Fsp3) is 0.414. The molecule has 0 radical (unpaired) electrons. The van der Waals surface area contributed by atoms with E-state index in [1.807, 2.05) is 22.9 Å². The van der Waals surface area contributed by atoms with Crippen LogP contribution >= 0.6 is 0 Å². The molecule has 0 aliphatic carbocycles. The van der Waals surface area contributed by atoms with Gasteiger partial charge in [-0.05, 0) is 35.9 Å². The van der Waals surface area contributed by atoms with Crippen LogP contribution in [-0.2, 0) is 27.5 Å². The Balaban J connectivity index is 1.29. The van der Waals surface area contributed by atoms with E-state index in [1.165, 1.54) is 0 Å². The smallest absolute Gasteiger partial charge is 0.407 e. The van der Waals surface area contributed by atoms with Gasteiger partial charge in [0.05, 0.1) is 32.5 Å². The van der Waals surface area contributed by atoms with Gasteiger partial charge in [0.2, 0.25) is 12.0 Å². The average molecular weight is 584 g/mol. The molecule has 1 saturated heterocycles. The summed E-state index contributed by atoms with van der Waals surface area (Å²) in [5, 5.41) is 8.36. The third-order valence-corrected chi connectivity index (χ3v) is 8.05. The van der Waals surface area contributed by atoms with Crippen molar-refractivity contribution in [2.75, 3.05) is 37.6 Å². The first kappa shape index (κ1) is 30.1. The number of anilines is 2. The molecular formula is C29H39N4O7Si+. The van der Waals surface area contributed by atoms with Crippen molar-refractivity contribution in [1.82, 2.24) is 5.32 Å². The summed E-state index contributed by atoms with van der Waals surface area (Å²) >= 11 is 0. The normalized spacial score (nSPS) is 14.9. The number of carbonyl (C=O) groups excluding carboxylic acids is 2. The topological polar surface area (TPSA) is 124 Å². The maximum absolute atomic E-state index is 12.7. The highest BCUT2D eigenvalue weighted by Crippen LogP contribution is 2.32. The summed E-state index contributed by atoms with van der Waals surface area (Å²) in [5.74, 6) is 1.17. The Kier molecular flexibility index (Phi) is 10.4. The number of urea groups is 1. The molecule has 1 aliphatic heterocycles. The molecule has 12 heteroatoms. The quantitative estimate of drug-likeness (QED) is 0.152. The summed E-state index contributed by atoms with van der Waals surface area (Å²) in [6, 6.07) is 13.2. The van der Waals surface area contributed by atoms with Gasteiger partial charge < -0.3 is 39.3 Å². The van der Waals surface area contributed by atoms with Crippen LogP contribution in [0.4, 0.5) is 21.0 Å². The Morgan fingerprint density at radius 1 is 1.10 bits per heavy atom.